The summed E-state index contributed by atoms with van der Waals surface area (Å²) >= 11 is 0. The normalized spacial score (nSPS) is 10.7. The standard InChI is InChI=1S/C13H16N2O/c1-10-8-11-6-4-5-7-12(11)15(10)9-13(16)14(2)3/h4-8H,9H2,1-3H3. The van der Waals surface area contributed by atoms with Gasteiger partial charge in [0.1, 0.15) is 6.54 Å². The molecule has 0 aliphatic heterocycles. The summed E-state index contributed by atoms with van der Waals surface area (Å²) < 4.78 is 2.05. The smallest absolute Gasteiger partial charge is 0.241 e. The molecule has 1 aromatic heterocycles. The van der Waals surface area contributed by atoms with Gasteiger partial charge in [-0.2, -0.15) is 0 Å². The average molecular weight is 216 g/mol. The van der Waals surface area contributed by atoms with Crippen LogP contribution in [0.1, 0.15) is 5.69 Å². The van der Waals surface area contributed by atoms with Crippen LogP contribution in [-0.2, 0) is 11.3 Å². The Morgan fingerprint density at radius 1 is 1.31 bits per heavy atom. The Labute approximate surface area is 95.3 Å². The molecule has 0 aliphatic carbocycles. The summed E-state index contributed by atoms with van der Waals surface area (Å²) in [6.45, 7) is 2.44. The molecule has 0 fully saturated rings. The number of hydrogen-bond acceptors (Lipinski definition) is 1. The summed E-state index contributed by atoms with van der Waals surface area (Å²) in [6, 6.07) is 10.2. The topological polar surface area (TPSA) is 25.2 Å². The lowest BCUT2D eigenvalue weighted by atomic mass is 10.2. The molecule has 3 heteroatoms. The Hall–Kier alpha value is -1.77. The van der Waals surface area contributed by atoms with Gasteiger partial charge in [-0.3, -0.25) is 4.79 Å². The van der Waals surface area contributed by atoms with Crippen LogP contribution in [0, 0.1) is 6.92 Å². The SMILES string of the molecule is Cc1cc2ccccc2n1CC(=O)N(C)C. The summed E-state index contributed by atoms with van der Waals surface area (Å²) in [5.74, 6) is 0.115. The Morgan fingerprint density at radius 3 is 2.69 bits per heavy atom. The van der Waals surface area contributed by atoms with E-state index in [1.54, 1.807) is 19.0 Å². The van der Waals surface area contributed by atoms with Crippen LogP contribution in [0.3, 0.4) is 0 Å². The van der Waals surface area contributed by atoms with Crippen molar-refractivity contribution in [2.45, 2.75) is 13.5 Å². The minimum Gasteiger partial charge on any atom is -0.347 e. The van der Waals surface area contributed by atoms with Gasteiger partial charge in [0, 0.05) is 25.3 Å². The van der Waals surface area contributed by atoms with Gasteiger partial charge in [0.2, 0.25) is 5.91 Å². The largest absolute Gasteiger partial charge is 0.347 e. The van der Waals surface area contributed by atoms with Crippen LogP contribution in [0.5, 0.6) is 0 Å². The van der Waals surface area contributed by atoms with Crippen molar-refractivity contribution >= 4 is 16.8 Å². The average Bonchev–Trinajstić information content (AvgIpc) is 2.55. The van der Waals surface area contributed by atoms with Crippen molar-refractivity contribution in [1.29, 1.82) is 0 Å². The Kier molecular flexibility index (Phi) is 2.69. The molecule has 2 aromatic rings. The predicted octanol–water partition coefficient (Wildman–Crippen LogP) is 2.04. The number of para-hydroxylation sites is 1. The maximum absolute atomic E-state index is 11.7. The van der Waals surface area contributed by atoms with Crippen molar-refractivity contribution in [3.05, 3.63) is 36.0 Å². The molecule has 1 amide bonds. The van der Waals surface area contributed by atoms with Gasteiger partial charge < -0.3 is 9.47 Å². The van der Waals surface area contributed by atoms with E-state index in [1.807, 2.05) is 25.1 Å². The molecule has 0 saturated heterocycles. The highest BCUT2D eigenvalue weighted by Crippen LogP contribution is 2.18. The number of hydrogen-bond donors (Lipinski definition) is 0. The second-order valence-corrected chi connectivity index (χ2v) is 4.22. The Bertz CT molecular complexity index is 526. The highest BCUT2D eigenvalue weighted by molar-refractivity contribution is 5.84. The number of likely N-dealkylation sites (N-methyl/N-ethyl adjacent to an activating group) is 1. The van der Waals surface area contributed by atoms with Gasteiger partial charge >= 0.3 is 0 Å². The minimum atomic E-state index is 0.115. The second kappa shape index (κ2) is 4.00. The summed E-state index contributed by atoms with van der Waals surface area (Å²) in [5, 5.41) is 1.19. The van der Waals surface area contributed by atoms with Gasteiger partial charge in [0.25, 0.3) is 0 Å². The first-order chi connectivity index (χ1) is 7.59. The summed E-state index contributed by atoms with van der Waals surface area (Å²) in [5.41, 5.74) is 2.24. The van der Waals surface area contributed by atoms with Crippen LogP contribution in [0.4, 0.5) is 0 Å². The van der Waals surface area contributed by atoms with E-state index >= 15 is 0 Å². The Balaban J connectivity index is 2.44. The summed E-state index contributed by atoms with van der Waals surface area (Å²) in [6.07, 6.45) is 0. The maximum atomic E-state index is 11.7. The van der Waals surface area contributed by atoms with Gasteiger partial charge in [-0.25, -0.2) is 0 Å². The third-order valence-corrected chi connectivity index (χ3v) is 2.81. The molecule has 84 valence electrons. The van der Waals surface area contributed by atoms with Crippen LogP contribution in [0.2, 0.25) is 0 Å². The molecular formula is C13H16N2O. The van der Waals surface area contributed by atoms with Gasteiger partial charge in [-0.05, 0) is 24.4 Å². The molecule has 0 N–H and O–H groups in total. The molecule has 0 aliphatic rings. The fraction of sp³-hybridized carbons (Fsp3) is 0.308. The molecule has 16 heavy (non-hydrogen) atoms. The van der Waals surface area contributed by atoms with E-state index in [0.29, 0.717) is 6.54 Å². The molecule has 0 radical (unpaired) electrons. The van der Waals surface area contributed by atoms with Gasteiger partial charge in [0.15, 0.2) is 0 Å². The number of carbonyl (C=O) groups is 1. The fourth-order valence-electron chi connectivity index (χ4n) is 1.83. The lowest BCUT2D eigenvalue weighted by Gasteiger charge is -2.13. The van der Waals surface area contributed by atoms with E-state index in [1.165, 1.54) is 5.39 Å². The fourth-order valence-corrected chi connectivity index (χ4v) is 1.83. The number of aryl methyl sites for hydroxylation is 1. The second-order valence-electron chi connectivity index (χ2n) is 4.22. The maximum Gasteiger partial charge on any atom is 0.241 e. The molecule has 2 rings (SSSR count). The van der Waals surface area contributed by atoms with Gasteiger partial charge in [-0.1, -0.05) is 18.2 Å². The highest BCUT2D eigenvalue weighted by Gasteiger charge is 2.10. The first kappa shape index (κ1) is 10.7. The summed E-state index contributed by atoms with van der Waals surface area (Å²) in [7, 11) is 3.56. The summed E-state index contributed by atoms with van der Waals surface area (Å²) in [4.78, 5) is 13.3. The van der Waals surface area contributed by atoms with Crippen molar-refractivity contribution in [2.75, 3.05) is 14.1 Å². The monoisotopic (exact) mass is 216 g/mol. The number of rotatable bonds is 2. The minimum absolute atomic E-state index is 0.115. The third-order valence-electron chi connectivity index (χ3n) is 2.81. The third kappa shape index (κ3) is 1.81. The van der Waals surface area contributed by atoms with Crippen LogP contribution in [0.15, 0.2) is 30.3 Å². The van der Waals surface area contributed by atoms with Crippen LogP contribution in [-0.4, -0.2) is 29.5 Å². The van der Waals surface area contributed by atoms with Crippen LogP contribution in [0.25, 0.3) is 10.9 Å². The van der Waals surface area contributed by atoms with E-state index in [-0.39, 0.29) is 5.91 Å². The molecule has 0 bridgehead atoms. The van der Waals surface area contributed by atoms with E-state index in [0.717, 1.165) is 11.2 Å². The van der Waals surface area contributed by atoms with Crippen molar-refractivity contribution in [2.24, 2.45) is 0 Å². The molecule has 0 saturated carbocycles. The number of benzene rings is 1. The van der Waals surface area contributed by atoms with E-state index in [9.17, 15) is 4.79 Å². The molecule has 1 heterocycles. The molecule has 0 atom stereocenters. The molecule has 0 unspecified atom stereocenters. The quantitative estimate of drug-likeness (QED) is 0.754. The van der Waals surface area contributed by atoms with Crippen molar-refractivity contribution in [3.8, 4) is 0 Å². The van der Waals surface area contributed by atoms with E-state index in [2.05, 4.69) is 16.7 Å². The highest BCUT2D eigenvalue weighted by atomic mass is 16.2. The van der Waals surface area contributed by atoms with Gasteiger partial charge in [-0.15, -0.1) is 0 Å². The zero-order valence-electron chi connectivity index (χ0n) is 9.90. The molecular weight excluding hydrogens is 200 g/mol. The first-order valence-electron chi connectivity index (χ1n) is 5.34. The number of amides is 1. The zero-order valence-corrected chi connectivity index (χ0v) is 9.90. The lowest BCUT2D eigenvalue weighted by molar-refractivity contribution is -0.129. The van der Waals surface area contributed by atoms with Crippen LogP contribution < -0.4 is 0 Å². The molecule has 1 aromatic carbocycles. The van der Waals surface area contributed by atoms with Crippen LogP contribution >= 0.6 is 0 Å². The number of fused-ring (bicyclic) bond motifs is 1. The predicted molar refractivity (Wildman–Crippen MR) is 65.4 cm³/mol. The zero-order chi connectivity index (χ0) is 11.7. The van der Waals surface area contributed by atoms with Crippen molar-refractivity contribution < 1.29 is 4.79 Å². The number of carbonyl (C=O) groups excluding carboxylic acids is 1. The van der Waals surface area contributed by atoms with E-state index < -0.39 is 0 Å². The Morgan fingerprint density at radius 2 is 2.00 bits per heavy atom. The first-order valence-corrected chi connectivity index (χ1v) is 5.34. The van der Waals surface area contributed by atoms with E-state index in [4.69, 9.17) is 0 Å². The van der Waals surface area contributed by atoms with Crippen molar-refractivity contribution in [1.82, 2.24) is 9.47 Å². The molecule has 0 spiro atoms. The number of aromatic nitrogens is 1. The van der Waals surface area contributed by atoms with Crippen molar-refractivity contribution in [3.63, 3.8) is 0 Å². The number of nitrogens with zero attached hydrogens (tertiary/aromatic N) is 2. The van der Waals surface area contributed by atoms with Gasteiger partial charge in [0.05, 0.1) is 0 Å². The lowest BCUT2D eigenvalue weighted by Crippen LogP contribution is -2.26. The molecule has 3 nitrogen and oxygen atoms in total.